The summed E-state index contributed by atoms with van der Waals surface area (Å²) in [5.74, 6) is 0.237. The summed E-state index contributed by atoms with van der Waals surface area (Å²) in [4.78, 5) is 12.0. The Morgan fingerprint density at radius 1 is 1.11 bits per heavy atom. The van der Waals surface area contributed by atoms with Crippen molar-refractivity contribution in [1.82, 2.24) is 0 Å². The number of hydrogen-bond donors (Lipinski definition) is 0. The van der Waals surface area contributed by atoms with Crippen molar-refractivity contribution in [1.29, 1.82) is 0 Å². The molecule has 0 aromatic heterocycles. The average molecular weight is 238 g/mol. The van der Waals surface area contributed by atoms with Gasteiger partial charge in [-0.2, -0.15) is 0 Å². The van der Waals surface area contributed by atoms with E-state index in [0.29, 0.717) is 5.76 Å². The molecule has 1 aliphatic heterocycles. The van der Waals surface area contributed by atoms with E-state index in [1.165, 1.54) is 0 Å². The molecule has 2 aromatic rings. The Morgan fingerprint density at radius 3 is 2.72 bits per heavy atom. The van der Waals surface area contributed by atoms with Crippen molar-refractivity contribution in [3.05, 3.63) is 60.4 Å². The highest BCUT2D eigenvalue weighted by atomic mass is 16.5. The molecule has 0 saturated carbocycles. The van der Waals surface area contributed by atoms with Gasteiger partial charge in [0, 0.05) is 6.42 Å². The number of fused-ring (bicyclic) bond motifs is 1. The van der Waals surface area contributed by atoms with Crippen molar-refractivity contribution >= 4 is 16.7 Å². The molecule has 90 valence electrons. The molecule has 2 aromatic carbocycles. The maximum atomic E-state index is 12.0. The summed E-state index contributed by atoms with van der Waals surface area (Å²) in [6, 6.07) is 14.2. The number of allylic oxidation sites excluding steroid dienone is 1. The number of benzene rings is 2. The number of cyclic esters (lactones) is 1. The number of carbonyl (C=O) groups is 1. The predicted octanol–water partition coefficient (Wildman–Crippen LogP) is 3.77. The van der Waals surface area contributed by atoms with Gasteiger partial charge in [0.05, 0.1) is 5.92 Å². The minimum Gasteiger partial charge on any atom is -0.431 e. The summed E-state index contributed by atoms with van der Waals surface area (Å²) in [7, 11) is 0. The molecule has 0 N–H and O–H groups in total. The van der Waals surface area contributed by atoms with Crippen molar-refractivity contribution in [3.8, 4) is 0 Å². The first-order valence-electron chi connectivity index (χ1n) is 6.13. The third-order valence-corrected chi connectivity index (χ3v) is 3.44. The fourth-order valence-corrected chi connectivity index (χ4v) is 2.52. The van der Waals surface area contributed by atoms with Gasteiger partial charge in [0.1, 0.15) is 5.76 Å². The van der Waals surface area contributed by atoms with Gasteiger partial charge in [0.2, 0.25) is 0 Å². The maximum absolute atomic E-state index is 12.0. The van der Waals surface area contributed by atoms with Crippen LogP contribution in [0.15, 0.2) is 54.8 Å². The molecule has 18 heavy (non-hydrogen) atoms. The Hall–Kier alpha value is -2.09. The average Bonchev–Trinajstić information content (AvgIpc) is 2.38. The molecule has 0 aliphatic carbocycles. The molecule has 2 heteroatoms. The minimum absolute atomic E-state index is 0.165. The third-order valence-electron chi connectivity index (χ3n) is 3.44. The van der Waals surface area contributed by atoms with Crippen LogP contribution in [0.4, 0.5) is 0 Å². The zero-order chi connectivity index (χ0) is 12.5. The smallest absolute Gasteiger partial charge is 0.318 e. The Kier molecular flexibility index (Phi) is 2.63. The summed E-state index contributed by atoms with van der Waals surface area (Å²) in [6.45, 7) is 3.71. The van der Waals surface area contributed by atoms with Gasteiger partial charge >= 0.3 is 5.97 Å². The van der Waals surface area contributed by atoms with Gasteiger partial charge in [0.25, 0.3) is 0 Å². The van der Waals surface area contributed by atoms with Crippen LogP contribution in [0.3, 0.4) is 0 Å². The van der Waals surface area contributed by atoms with Crippen LogP contribution < -0.4 is 0 Å². The zero-order valence-electron chi connectivity index (χ0n) is 10.1. The monoisotopic (exact) mass is 238 g/mol. The number of hydrogen-bond acceptors (Lipinski definition) is 2. The largest absolute Gasteiger partial charge is 0.431 e. The fraction of sp³-hybridized carbons (Fsp3) is 0.188. The van der Waals surface area contributed by atoms with Crippen LogP contribution in [0.25, 0.3) is 10.8 Å². The molecular weight excluding hydrogens is 224 g/mol. The van der Waals surface area contributed by atoms with Crippen LogP contribution in [0.1, 0.15) is 24.3 Å². The number of ether oxygens (including phenoxy) is 1. The van der Waals surface area contributed by atoms with E-state index in [-0.39, 0.29) is 11.9 Å². The van der Waals surface area contributed by atoms with E-state index in [1.54, 1.807) is 0 Å². The van der Waals surface area contributed by atoms with Crippen LogP contribution in [0.2, 0.25) is 0 Å². The van der Waals surface area contributed by atoms with Crippen molar-refractivity contribution < 1.29 is 9.53 Å². The second-order valence-corrected chi connectivity index (χ2v) is 4.62. The normalized spacial score (nSPS) is 19.9. The van der Waals surface area contributed by atoms with E-state index in [0.717, 1.165) is 29.2 Å². The molecule has 1 saturated heterocycles. The molecule has 1 heterocycles. The Bertz CT molecular complexity index is 623. The lowest BCUT2D eigenvalue weighted by Crippen LogP contribution is -2.21. The van der Waals surface area contributed by atoms with Crippen LogP contribution in [-0.2, 0) is 9.53 Å². The standard InChI is InChI=1S/C16H14O2/c1-11-9-10-15(16(17)18-11)14-8-4-6-12-5-2-3-7-13(12)14/h2-8,15H,1,9-10H2. The van der Waals surface area contributed by atoms with Crippen molar-refractivity contribution in [2.24, 2.45) is 0 Å². The van der Waals surface area contributed by atoms with E-state index >= 15 is 0 Å². The first kappa shape index (κ1) is 11.0. The topological polar surface area (TPSA) is 26.3 Å². The molecule has 0 spiro atoms. The second-order valence-electron chi connectivity index (χ2n) is 4.62. The molecule has 0 amide bonds. The van der Waals surface area contributed by atoms with Gasteiger partial charge in [-0.1, -0.05) is 49.0 Å². The Morgan fingerprint density at radius 2 is 1.89 bits per heavy atom. The van der Waals surface area contributed by atoms with Crippen molar-refractivity contribution in [3.63, 3.8) is 0 Å². The molecule has 1 atom stereocenters. The Balaban J connectivity index is 2.09. The molecule has 3 rings (SSSR count). The zero-order valence-corrected chi connectivity index (χ0v) is 10.1. The summed E-state index contributed by atoms with van der Waals surface area (Å²) >= 11 is 0. The first-order chi connectivity index (χ1) is 8.75. The SMILES string of the molecule is C=C1CCC(c2cccc3ccccc23)C(=O)O1. The molecule has 0 bridgehead atoms. The summed E-state index contributed by atoms with van der Waals surface area (Å²) in [5, 5.41) is 2.29. The van der Waals surface area contributed by atoms with Crippen LogP contribution in [0.5, 0.6) is 0 Å². The molecule has 0 radical (unpaired) electrons. The van der Waals surface area contributed by atoms with E-state index in [1.807, 2.05) is 24.3 Å². The maximum Gasteiger partial charge on any atom is 0.318 e. The Labute approximate surface area is 106 Å². The molecule has 2 nitrogen and oxygen atoms in total. The van der Waals surface area contributed by atoms with Crippen LogP contribution >= 0.6 is 0 Å². The predicted molar refractivity (Wildman–Crippen MR) is 71.2 cm³/mol. The third kappa shape index (κ3) is 1.80. The van der Waals surface area contributed by atoms with E-state index in [2.05, 4.69) is 24.8 Å². The second kappa shape index (κ2) is 4.30. The summed E-state index contributed by atoms with van der Waals surface area (Å²) < 4.78 is 5.17. The number of esters is 1. The van der Waals surface area contributed by atoms with Gasteiger partial charge in [-0.3, -0.25) is 4.79 Å². The summed E-state index contributed by atoms with van der Waals surface area (Å²) in [6.07, 6.45) is 1.53. The van der Waals surface area contributed by atoms with Gasteiger partial charge < -0.3 is 4.74 Å². The van der Waals surface area contributed by atoms with Crippen LogP contribution in [-0.4, -0.2) is 5.97 Å². The lowest BCUT2D eigenvalue weighted by molar-refractivity contribution is -0.143. The van der Waals surface area contributed by atoms with Crippen LogP contribution in [0, 0.1) is 0 Å². The molecule has 1 fully saturated rings. The van der Waals surface area contributed by atoms with Gasteiger partial charge in [-0.15, -0.1) is 0 Å². The molecule has 1 unspecified atom stereocenters. The van der Waals surface area contributed by atoms with E-state index in [4.69, 9.17) is 4.74 Å². The highest BCUT2D eigenvalue weighted by Crippen LogP contribution is 2.34. The molecular formula is C16H14O2. The number of rotatable bonds is 1. The quantitative estimate of drug-likeness (QED) is 0.707. The van der Waals surface area contributed by atoms with Gasteiger partial charge in [0.15, 0.2) is 0 Å². The summed E-state index contributed by atoms with van der Waals surface area (Å²) in [5.41, 5.74) is 1.06. The number of carbonyl (C=O) groups excluding carboxylic acids is 1. The van der Waals surface area contributed by atoms with Crippen molar-refractivity contribution in [2.45, 2.75) is 18.8 Å². The van der Waals surface area contributed by atoms with Gasteiger partial charge in [-0.05, 0) is 22.8 Å². The minimum atomic E-state index is -0.178. The lowest BCUT2D eigenvalue weighted by Gasteiger charge is -2.23. The first-order valence-corrected chi connectivity index (χ1v) is 6.13. The molecule has 1 aliphatic rings. The van der Waals surface area contributed by atoms with Gasteiger partial charge in [-0.25, -0.2) is 0 Å². The highest BCUT2D eigenvalue weighted by Gasteiger charge is 2.28. The van der Waals surface area contributed by atoms with E-state index in [9.17, 15) is 4.79 Å². The van der Waals surface area contributed by atoms with E-state index < -0.39 is 0 Å². The fourth-order valence-electron chi connectivity index (χ4n) is 2.52. The van der Waals surface area contributed by atoms with Crippen molar-refractivity contribution in [2.75, 3.05) is 0 Å². The lowest BCUT2D eigenvalue weighted by atomic mass is 9.88. The highest BCUT2D eigenvalue weighted by molar-refractivity contribution is 5.91.